The lowest BCUT2D eigenvalue weighted by atomic mass is 9.91. The van der Waals surface area contributed by atoms with Crippen LogP contribution >= 0.6 is 0 Å². The smallest absolute Gasteiger partial charge is 0.271 e. The molecule has 2 heterocycles. The van der Waals surface area contributed by atoms with Crippen molar-refractivity contribution in [2.24, 2.45) is 21.5 Å². The maximum atomic E-state index is 12.1. The Morgan fingerprint density at radius 2 is 2.11 bits per heavy atom. The minimum absolute atomic E-state index is 0.0178. The molecule has 11 nitrogen and oxygen atoms in total. The van der Waals surface area contributed by atoms with Crippen LogP contribution in [0.25, 0.3) is 5.69 Å². The van der Waals surface area contributed by atoms with Crippen molar-refractivity contribution >= 4 is 35.8 Å². The molecular weight excluding hydrogens is 456 g/mol. The Kier molecular flexibility index (Phi) is 7.81. The number of hydrogen-bond acceptors (Lipinski definition) is 8. The summed E-state index contributed by atoms with van der Waals surface area (Å²) in [6, 6.07) is 7.51. The van der Waals surface area contributed by atoms with Gasteiger partial charge >= 0.3 is 0 Å². The van der Waals surface area contributed by atoms with Crippen LogP contribution in [0.5, 0.6) is 0 Å². The van der Waals surface area contributed by atoms with Crippen LogP contribution in [0.2, 0.25) is 0 Å². The number of allylic oxidation sites excluding steroid dienone is 1. The van der Waals surface area contributed by atoms with Crippen molar-refractivity contribution in [1.29, 1.82) is 0 Å². The van der Waals surface area contributed by atoms with Crippen molar-refractivity contribution in [3.8, 4) is 5.69 Å². The molecule has 1 aliphatic rings. The molecule has 186 valence electrons. The van der Waals surface area contributed by atoms with E-state index in [1.54, 1.807) is 23.2 Å². The minimum atomic E-state index is -0.697. The molecule has 0 saturated heterocycles. The summed E-state index contributed by atoms with van der Waals surface area (Å²) in [5.74, 6) is 0.459. The molecule has 1 aromatic carbocycles. The Bertz CT molecular complexity index is 1280. The summed E-state index contributed by atoms with van der Waals surface area (Å²) in [6.45, 7) is 5.51. The van der Waals surface area contributed by atoms with E-state index >= 15 is 0 Å². The van der Waals surface area contributed by atoms with Gasteiger partial charge in [0.05, 0.1) is 11.9 Å². The van der Waals surface area contributed by atoms with Crippen molar-refractivity contribution < 1.29 is 4.79 Å². The number of hydrogen-bond donors (Lipinski definition) is 4. The quantitative estimate of drug-likeness (QED) is 0.281. The molecule has 1 aliphatic carbocycles. The number of amidine groups is 1. The van der Waals surface area contributed by atoms with Crippen LogP contribution in [-0.4, -0.2) is 50.3 Å². The summed E-state index contributed by atoms with van der Waals surface area (Å²) in [4.78, 5) is 29.4. The van der Waals surface area contributed by atoms with Crippen LogP contribution in [0, 0.1) is 0 Å². The number of carbonyl (C=O) groups excluding carboxylic acids is 1. The average Bonchev–Trinajstić information content (AvgIpc) is 3.41. The highest BCUT2D eigenvalue weighted by atomic mass is 16.1. The largest absolute Gasteiger partial charge is 0.364 e. The van der Waals surface area contributed by atoms with Crippen molar-refractivity contribution in [3.63, 3.8) is 0 Å². The number of aromatic nitrogens is 4. The second-order valence-electron chi connectivity index (χ2n) is 8.45. The molecule has 6 N–H and O–H groups in total. The normalized spacial score (nSPS) is 18.2. The van der Waals surface area contributed by atoms with Crippen molar-refractivity contribution in [1.82, 2.24) is 19.7 Å². The number of aliphatic imine (C=N–C) groups is 2. The molecule has 2 unspecified atom stereocenters. The maximum Gasteiger partial charge on any atom is 0.271 e. The predicted molar refractivity (Wildman–Crippen MR) is 142 cm³/mol. The monoisotopic (exact) mass is 486 g/mol. The van der Waals surface area contributed by atoms with Gasteiger partial charge in [-0.25, -0.2) is 24.6 Å². The number of amides is 1. The van der Waals surface area contributed by atoms with Gasteiger partial charge in [0, 0.05) is 41.9 Å². The van der Waals surface area contributed by atoms with Crippen molar-refractivity contribution in [2.45, 2.75) is 44.7 Å². The van der Waals surface area contributed by atoms with Crippen LogP contribution in [0.3, 0.4) is 0 Å². The van der Waals surface area contributed by atoms with E-state index in [1.807, 2.05) is 37.4 Å². The standard InChI is InChI=1S/C25H30N10O/c1-3-9-29-24(28-2)16-12-17(14-18(13-16)35-11-6-10-31-35)32-25-22(23(27)36)30-15-21(34-25)33-20-8-5-4-7-19(20)26/h3,6,9-15,19-20H,2,4-5,7-8,26H2,1H3,(H2,27,36)(H2,32,33,34). The van der Waals surface area contributed by atoms with Gasteiger partial charge < -0.3 is 22.1 Å². The highest BCUT2D eigenvalue weighted by molar-refractivity contribution is 6.03. The Morgan fingerprint density at radius 1 is 1.28 bits per heavy atom. The second-order valence-corrected chi connectivity index (χ2v) is 8.45. The van der Waals surface area contributed by atoms with Gasteiger partial charge in [-0.1, -0.05) is 18.9 Å². The molecule has 0 spiro atoms. The third-order valence-electron chi connectivity index (χ3n) is 5.86. The fraction of sp³-hybridized carbons (Fsp3) is 0.280. The lowest BCUT2D eigenvalue weighted by molar-refractivity contribution is 0.0996. The first-order valence-electron chi connectivity index (χ1n) is 11.8. The van der Waals surface area contributed by atoms with E-state index in [-0.39, 0.29) is 23.6 Å². The van der Waals surface area contributed by atoms with Gasteiger partial charge in [-0.15, -0.1) is 0 Å². The number of nitrogens with one attached hydrogen (secondary N) is 2. The number of benzene rings is 1. The Balaban J connectivity index is 1.73. The summed E-state index contributed by atoms with van der Waals surface area (Å²) in [7, 11) is 0. The van der Waals surface area contributed by atoms with Gasteiger partial charge in [0.25, 0.3) is 5.91 Å². The molecule has 0 aliphatic heterocycles. The van der Waals surface area contributed by atoms with E-state index in [1.165, 1.54) is 6.20 Å². The first kappa shape index (κ1) is 24.7. The van der Waals surface area contributed by atoms with Gasteiger partial charge in [0.15, 0.2) is 17.3 Å². The summed E-state index contributed by atoms with van der Waals surface area (Å²) in [5, 5.41) is 10.9. The topological polar surface area (TPSA) is 161 Å². The Hall–Kier alpha value is -4.38. The molecular formula is C25H30N10O. The summed E-state index contributed by atoms with van der Waals surface area (Å²) in [6.07, 6.45) is 12.6. The molecule has 1 saturated carbocycles. The van der Waals surface area contributed by atoms with E-state index in [0.29, 0.717) is 22.9 Å². The van der Waals surface area contributed by atoms with E-state index in [4.69, 9.17) is 11.5 Å². The number of carbonyl (C=O) groups is 1. The van der Waals surface area contributed by atoms with E-state index in [9.17, 15) is 4.79 Å². The molecule has 1 amide bonds. The molecule has 1 fully saturated rings. The van der Waals surface area contributed by atoms with Crippen molar-refractivity contribution in [3.05, 3.63) is 66.4 Å². The van der Waals surface area contributed by atoms with Gasteiger partial charge in [-0.05, 0) is 50.7 Å². The van der Waals surface area contributed by atoms with E-state index < -0.39 is 5.91 Å². The van der Waals surface area contributed by atoms with Gasteiger partial charge in [-0.3, -0.25) is 4.79 Å². The van der Waals surface area contributed by atoms with Crippen LogP contribution in [0.15, 0.2) is 65.1 Å². The SMILES string of the molecule is C=NC(=NC=CC)c1cc(Nc2nc(NC3CCCCC3N)cnc2C(N)=O)cc(-n2cccn2)c1. The highest BCUT2D eigenvalue weighted by Crippen LogP contribution is 2.26. The van der Waals surface area contributed by atoms with Gasteiger partial charge in [0.2, 0.25) is 0 Å². The Morgan fingerprint density at radius 3 is 2.81 bits per heavy atom. The number of primary amides is 1. The first-order chi connectivity index (χ1) is 17.5. The molecule has 2 atom stereocenters. The third-order valence-corrected chi connectivity index (χ3v) is 5.86. The zero-order valence-corrected chi connectivity index (χ0v) is 20.1. The summed E-state index contributed by atoms with van der Waals surface area (Å²) in [5.41, 5.74) is 13.9. The number of nitrogens with zero attached hydrogens (tertiary/aromatic N) is 6. The lowest BCUT2D eigenvalue weighted by Gasteiger charge is -2.29. The maximum absolute atomic E-state index is 12.1. The number of nitrogens with two attached hydrogens (primary N) is 2. The fourth-order valence-corrected chi connectivity index (χ4v) is 4.11. The fourth-order valence-electron chi connectivity index (χ4n) is 4.11. The van der Waals surface area contributed by atoms with Gasteiger partial charge in [-0.2, -0.15) is 5.10 Å². The predicted octanol–water partition coefficient (Wildman–Crippen LogP) is 3.17. The highest BCUT2D eigenvalue weighted by Gasteiger charge is 2.23. The van der Waals surface area contributed by atoms with E-state index in [0.717, 1.165) is 31.4 Å². The van der Waals surface area contributed by atoms with Crippen LogP contribution in [0.4, 0.5) is 17.3 Å². The molecule has 36 heavy (non-hydrogen) atoms. The zero-order chi connectivity index (χ0) is 25.5. The zero-order valence-electron chi connectivity index (χ0n) is 20.1. The van der Waals surface area contributed by atoms with Crippen LogP contribution in [0.1, 0.15) is 48.7 Å². The summed E-state index contributed by atoms with van der Waals surface area (Å²) >= 11 is 0. The first-order valence-corrected chi connectivity index (χ1v) is 11.8. The minimum Gasteiger partial charge on any atom is -0.364 e. The van der Waals surface area contributed by atoms with Crippen molar-refractivity contribution in [2.75, 3.05) is 10.6 Å². The van der Waals surface area contributed by atoms with Crippen LogP contribution < -0.4 is 22.1 Å². The molecule has 11 heteroatoms. The third kappa shape index (κ3) is 5.81. The van der Waals surface area contributed by atoms with Crippen LogP contribution in [-0.2, 0) is 0 Å². The lowest BCUT2D eigenvalue weighted by Crippen LogP contribution is -2.42. The molecule has 0 radical (unpaired) electrons. The van der Waals surface area contributed by atoms with E-state index in [2.05, 4.69) is 42.4 Å². The average molecular weight is 487 g/mol. The Labute approximate surface area is 209 Å². The molecule has 2 aromatic heterocycles. The number of rotatable bonds is 8. The number of anilines is 3. The molecule has 4 rings (SSSR count). The van der Waals surface area contributed by atoms with Gasteiger partial charge in [0.1, 0.15) is 5.82 Å². The molecule has 0 bridgehead atoms. The summed E-state index contributed by atoms with van der Waals surface area (Å²) < 4.78 is 1.70. The molecule has 3 aromatic rings. The second kappa shape index (κ2) is 11.4.